The molecule has 2 amide bonds. The van der Waals surface area contributed by atoms with E-state index in [1.54, 1.807) is 0 Å². The first-order chi connectivity index (χ1) is 7.59. The van der Waals surface area contributed by atoms with Gasteiger partial charge in [-0.25, -0.2) is 4.39 Å². The molecule has 5 heteroatoms. The van der Waals surface area contributed by atoms with Crippen LogP contribution in [0.4, 0.5) is 4.39 Å². The largest absolute Gasteiger partial charge is 0.278 e. The third-order valence-corrected chi connectivity index (χ3v) is 2.89. The first-order valence-electron chi connectivity index (χ1n) is 4.85. The standard InChI is InChI=1S/C11H9ClFNO2/c12-8-2-1-3-9(13)7(8)6-14-10(15)4-5-11(14)16/h1-3H,4-6H2. The van der Waals surface area contributed by atoms with E-state index in [1.165, 1.54) is 18.2 Å². The number of nitrogens with zero attached hydrogens (tertiary/aromatic N) is 1. The van der Waals surface area contributed by atoms with Crippen LogP contribution in [0.15, 0.2) is 18.2 Å². The topological polar surface area (TPSA) is 37.4 Å². The SMILES string of the molecule is O=C1CCC(=O)N1Cc1c(F)cccc1Cl. The number of carbonyl (C=O) groups is 2. The average molecular weight is 242 g/mol. The first kappa shape index (κ1) is 11.1. The van der Waals surface area contributed by atoms with Gasteiger partial charge in [0.15, 0.2) is 0 Å². The van der Waals surface area contributed by atoms with Crippen LogP contribution in [-0.2, 0) is 16.1 Å². The monoisotopic (exact) mass is 241 g/mol. The molecule has 3 nitrogen and oxygen atoms in total. The third kappa shape index (κ3) is 1.93. The molecule has 0 unspecified atom stereocenters. The van der Waals surface area contributed by atoms with Gasteiger partial charge in [0, 0.05) is 23.4 Å². The lowest BCUT2D eigenvalue weighted by molar-refractivity contribution is -0.139. The highest BCUT2D eigenvalue weighted by molar-refractivity contribution is 6.31. The van der Waals surface area contributed by atoms with Gasteiger partial charge in [-0.05, 0) is 12.1 Å². The first-order valence-corrected chi connectivity index (χ1v) is 5.23. The number of carbonyl (C=O) groups excluding carboxylic acids is 2. The molecule has 1 aromatic carbocycles. The maximum Gasteiger partial charge on any atom is 0.230 e. The van der Waals surface area contributed by atoms with E-state index in [2.05, 4.69) is 0 Å². The Bertz CT molecular complexity index is 425. The van der Waals surface area contributed by atoms with E-state index in [1.807, 2.05) is 0 Å². The van der Waals surface area contributed by atoms with Crippen LogP contribution in [0.1, 0.15) is 18.4 Å². The van der Waals surface area contributed by atoms with Gasteiger partial charge in [0.25, 0.3) is 0 Å². The van der Waals surface area contributed by atoms with E-state index in [9.17, 15) is 14.0 Å². The van der Waals surface area contributed by atoms with Gasteiger partial charge >= 0.3 is 0 Å². The summed E-state index contributed by atoms with van der Waals surface area (Å²) in [6, 6.07) is 4.27. The van der Waals surface area contributed by atoms with Crippen LogP contribution in [0.2, 0.25) is 5.02 Å². The molecule has 0 aliphatic carbocycles. The summed E-state index contributed by atoms with van der Waals surface area (Å²) < 4.78 is 13.4. The van der Waals surface area contributed by atoms with Crippen molar-refractivity contribution in [3.63, 3.8) is 0 Å². The van der Waals surface area contributed by atoms with Crippen molar-refractivity contribution < 1.29 is 14.0 Å². The molecule has 1 aromatic rings. The van der Waals surface area contributed by atoms with Gasteiger partial charge in [-0.3, -0.25) is 14.5 Å². The lowest BCUT2D eigenvalue weighted by Gasteiger charge is -2.15. The molecule has 1 saturated heterocycles. The van der Waals surface area contributed by atoms with Gasteiger partial charge < -0.3 is 0 Å². The molecule has 1 aliphatic rings. The summed E-state index contributed by atoms with van der Waals surface area (Å²) in [7, 11) is 0. The zero-order valence-corrected chi connectivity index (χ0v) is 9.13. The van der Waals surface area contributed by atoms with Crippen molar-refractivity contribution in [2.75, 3.05) is 0 Å². The Labute approximate surface area is 96.8 Å². The fraction of sp³-hybridized carbons (Fsp3) is 0.273. The number of hydrogen-bond acceptors (Lipinski definition) is 2. The van der Waals surface area contributed by atoms with Gasteiger partial charge in [0.1, 0.15) is 5.82 Å². The quantitative estimate of drug-likeness (QED) is 0.744. The minimum atomic E-state index is -0.500. The molecule has 0 radical (unpaired) electrons. The van der Waals surface area contributed by atoms with Crippen molar-refractivity contribution >= 4 is 23.4 Å². The van der Waals surface area contributed by atoms with Crippen molar-refractivity contribution in [3.05, 3.63) is 34.6 Å². The molecule has 0 N–H and O–H groups in total. The van der Waals surface area contributed by atoms with Crippen molar-refractivity contribution in [2.45, 2.75) is 19.4 Å². The van der Waals surface area contributed by atoms with E-state index in [0.717, 1.165) is 4.90 Å². The highest BCUT2D eigenvalue weighted by Gasteiger charge is 2.29. The number of benzene rings is 1. The molecule has 1 heterocycles. The van der Waals surface area contributed by atoms with Crippen molar-refractivity contribution in [1.82, 2.24) is 4.90 Å². The van der Waals surface area contributed by atoms with E-state index in [-0.39, 0.29) is 41.8 Å². The van der Waals surface area contributed by atoms with Crippen LogP contribution >= 0.6 is 11.6 Å². The highest BCUT2D eigenvalue weighted by atomic mass is 35.5. The van der Waals surface area contributed by atoms with Gasteiger partial charge in [-0.15, -0.1) is 0 Å². The Morgan fingerprint density at radius 2 is 1.88 bits per heavy atom. The van der Waals surface area contributed by atoms with Crippen LogP contribution in [0.5, 0.6) is 0 Å². The minimum absolute atomic E-state index is 0.0802. The van der Waals surface area contributed by atoms with Crippen LogP contribution < -0.4 is 0 Å². The number of rotatable bonds is 2. The van der Waals surface area contributed by atoms with E-state index < -0.39 is 5.82 Å². The highest BCUT2D eigenvalue weighted by Crippen LogP contribution is 2.23. The number of amides is 2. The Morgan fingerprint density at radius 1 is 1.25 bits per heavy atom. The van der Waals surface area contributed by atoms with E-state index in [0.29, 0.717) is 0 Å². The second kappa shape index (κ2) is 4.22. The number of halogens is 2. The normalized spacial score (nSPS) is 16.0. The van der Waals surface area contributed by atoms with Crippen molar-refractivity contribution in [2.24, 2.45) is 0 Å². The maximum absolute atomic E-state index is 13.4. The second-order valence-electron chi connectivity index (χ2n) is 3.57. The summed E-state index contributed by atoms with van der Waals surface area (Å²) in [5, 5.41) is 0.229. The number of likely N-dealkylation sites (tertiary alicyclic amines) is 1. The molecule has 84 valence electrons. The Kier molecular flexibility index (Phi) is 2.92. The zero-order chi connectivity index (χ0) is 11.7. The predicted octanol–water partition coefficient (Wildman–Crippen LogP) is 2.13. The molecule has 1 fully saturated rings. The Balaban J connectivity index is 2.27. The summed E-state index contributed by atoms with van der Waals surface area (Å²) in [5.74, 6) is -1.05. The van der Waals surface area contributed by atoms with E-state index >= 15 is 0 Å². The van der Waals surface area contributed by atoms with Gasteiger partial charge in [-0.1, -0.05) is 17.7 Å². The van der Waals surface area contributed by atoms with Crippen LogP contribution in [-0.4, -0.2) is 16.7 Å². The molecule has 1 aliphatic heterocycles. The van der Waals surface area contributed by atoms with Crippen LogP contribution in [0, 0.1) is 5.82 Å². The van der Waals surface area contributed by atoms with Crippen molar-refractivity contribution in [1.29, 1.82) is 0 Å². The van der Waals surface area contributed by atoms with E-state index in [4.69, 9.17) is 11.6 Å². The Hall–Kier alpha value is -1.42. The minimum Gasteiger partial charge on any atom is -0.278 e. The van der Waals surface area contributed by atoms with Crippen LogP contribution in [0.3, 0.4) is 0 Å². The molecular formula is C11H9ClFNO2. The molecular weight excluding hydrogens is 233 g/mol. The fourth-order valence-corrected chi connectivity index (χ4v) is 1.86. The zero-order valence-electron chi connectivity index (χ0n) is 8.37. The van der Waals surface area contributed by atoms with Gasteiger partial charge in [0.2, 0.25) is 11.8 Å². The number of hydrogen-bond donors (Lipinski definition) is 0. The predicted molar refractivity (Wildman–Crippen MR) is 56.2 cm³/mol. The molecule has 0 aromatic heterocycles. The summed E-state index contributed by atoms with van der Waals surface area (Å²) in [5.41, 5.74) is 0.188. The lowest BCUT2D eigenvalue weighted by atomic mass is 10.2. The summed E-state index contributed by atoms with van der Waals surface area (Å²) in [6.45, 7) is -0.0802. The van der Waals surface area contributed by atoms with Crippen LogP contribution in [0.25, 0.3) is 0 Å². The van der Waals surface area contributed by atoms with Crippen molar-refractivity contribution in [3.8, 4) is 0 Å². The summed E-state index contributed by atoms with van der Waals surface area (Å²) >= 11 is 5.81. The summed E-state index contributed by atoms with van der Waals surface area (Å²) in [4.78, 5) is 23.7. The van der Waals surface area contributed by atoms with Gasteiger partial charge in [0.05, 0.1) is 6.54 Å². The second-order valence-corrected chi connectivity index (χ2v) is 3.98. The molecule has 0 spiro atoms. The Morgan fingerprint density at radius 3 is 2.44 bits per heavy atom. The fourth-order valence-electron chi connectivity index (χ4n) is 1.64. The number of imide groups is 1. The average Bonchev–Trinajstić information content (AvgIpc) is 2.54. The molecule has 0 saturated carbocycles. The molecule has 2 rings (SSSR count). The summed E-state index contributed by atoms with van der Waals surface area (Å²) in [6.07, 6.45) is 0.399. The third-order valence-electron chi connectivity index (χ3n) is 2.53. The lowest BCUT2D eigenvalue weighted by Crippen LogP contribution is -2.28. The smallest absolute Gasteiger partial charge is 0.230 e. The molecule has 0 bridgehead atoms. The molecule has 16 heavy (non-hydrogen) atoms. The molecule has 0 atom stereocenters. The van der Waals surface area contributed by atoms with Gasteiger partial charge in [-0.2, -0.15) is 0 Å². The maximum atomic E-state index is 13.4.